The molecule has 3 rings (SSSR count). The molecule has 3 aromatic carbocycles. The van der Waals surface area contributed by atoms with Gasteiger partial charge in [-0.15, -0.1) is 6.42 Å². The summed E-state index contributed by atoms with van der Waals surface area (Å²) >= 11 is 0. The summed E-state index contributed by atoms with van der Waals surface area (Å²) in [5, 5.41) is 10.6. The molecule has 3 aromatic rings. The van der Waals surface area contributed by atoms with Crippen molar-refractivity contribution >= 4 is 0 Å². The van der Waals surface area contributed by atoms with Crippen LogP contribution in [0, 0.1) is 12.3 Å². The third kappa shape index (κ3) is 5.56. The molecule has 0 saturated heterocycles. The lowest BCUT2D eigenvalue weighted by Gasteiger charge is -2.33. The minimum atomic E-state index is -0.836. The predicted octanol–water partition coefficient (Wildman–Crippen LogP) is 4.29. The fraction of sp³-hybridized carbons (Fsp3) is 0.200. The van der Waals surface area contributed by atoms with Crippen LogP contribution in [0.1, 0.15) is 16.7 Å². The molecule has 0 aliphatic carbocycles. The van der Waals surface area contributed by atoms with E-state index in [2.05, 4.69) is 47.2 Å². The van der Waals surface area contributed by atoms with Gasteiger partial charge in [0, 0.05) is 13.1 Å². The second-order valence-electron chi connectivity index (χ2n) is 6.74. The number of aliphatic hydroxyl groups is 1. The number of hydrogen-bond acceptors (Lipinski definition) is 2. The normalized spacial score (nSPS) is 13.1. The lowest BCUT2D eigenvalue weighted by atomic mass is 9.98. The van der Waals surface area contributed by atoms with E-state index in [-0.39, 0.29) is 6.04 Å². The Morgan fingerprint density at radius 3 is 1.52 bits per heavy atom. The predicted molar refractivity (Wildman–Crippen MR) is 111 cm³/mol. The molecule has 0 aromatic heterocycles. The number of nitrogens with zero attached hydrogens (tertiary/aromatic N) is 1. The number of benzene rings is 3. The van der Waals surface area contributed by atoms with Crippen molar-refractivity contribution in [2.24, 2.45) is 0 Å². The van der Waals surface area contributed by atoms with Crippen molar-refractivity contribution in [2.45, 2.75) is 31.7 Å². The molecule has 0 amide bonds. The summed E-state index contributed by atoms with van der Waals surface area (Å²) < 4.78 is 0. The number of aliphatic hydroxyl groups excluding tert-OH is 1. The van der Waals surface area contributed by atoms with Gasteiger partial charge in [0.15, 0.2) is 0 Å². The zero-order chi connectivity index (χ0) is 18.9. The zero-order valence-corrected chi connectivity index (χ0v) is 15.4. The molecular weight excluding hydrogens is 330 g/mol. The van der Waals surface area contributed by atoms with Gasteiger partial charge in [0.2, 0.25) is 0 Å². The van der Waals surface area contributed by atoms with E-state index in [4.69, 9.17) is 6.42 Å². The third-order valence-electron chi connectivity index (χ3n) is 4.75. The first-order chi connectivity index (χ1) is 13.3. The van der Waals surface area contributed by atoms with Crippen LogP contribution < -0.4 is 0 Å². The number of terminal acetylenes is 1. The van der Waals surface area contributed by atoms with Crippen LogP contribution in [-0.2, 0) is 19.5 Å². The van der Waals surface area contributed by atoms with Crippen LogP contribution in [0.25, 0.3) is 0 Å². The van der Waals surface area contributed by atoms with Crippen molar-refractivity contribution in [1.82, 2.24) is 4.90 Å². The third-order valence-corrected chi connectivity index (χ3v) is 4.75. The Bertz CT molecular complexity index is 798. The van der Waals surface area contributed by atoms with Crippen LogP contribution in [0.4, 0.5) is 0 Å². The molecule has 0 spiro atoms. The summed E-state index contributed by atoms with van der Waals surface area (Å²) in [7, 11) is 0. The van der Waals surface area contributed by atoms with Gasteiger partial charge in [-0.3, -0.25) is 4.90 Å². The Morgan fingerprint density at radius 1 is 0.704 bits per heavy atom. The highest BCUT2D eigenvalue weighted by atomic mass is 16.3. The van der Waals surface area contributed by atoms with Crippen LogP contribution in [0.5, 0.6) is 0 Å². The van der Waals surface area contributed by atoms with E-state index in [9.17, 15) is 5.11 Å². The molecule has 0 bridgehead atoms. The summed E-state index contributed by atoms with van der Waals surface area (Å²) in [6.45, 7) is 1.46. The first kappa shape index (κ1) is 18.9. The van der Waals surface area contributed by atoms with Gasteiger partial charge in [0.1, 0.15) is 6.10 Å². The summed E-state index contributed by atoms with van der Waals surface area (Å²) in [4.78, 5) is 2.28. The molecule has 2 heteroatoms. The van der Waals surface area contributed by atoms with Crippen LogP contribution in [0.15, 0.2) is 91.0 Å². The molecular formula is C25H25NO. The molecule has 0 aliphatic rings. The standard InChI is InChI=1S/C25H25NO/c1-2-25(27)24(18-21-12-6-3-7-13-21)26(19-22-14-8-4-9-15-22)20-23-16-10-5-11-17-23/h1,3-17,24-25,27H,18-20H2/t24-,25+/m0/s1. The summed E-state index contributed by atoms with van der Waals surface area (Å²) in [6, 6.07) is 30.7. The lowest BCUT2D eigenvalue weighted by Crippen LogP contribution is -2.44. The highest BCUT2D eigenvalue weighted by Crippen LogP contribution is 2.19. The first-order valence-electron chi connectivity index (χ1n) is 9.26. The van der Waals surface area contributed by atoms with Crippen molar-refractivity contribution in [3.63, 3.8) is 0 Å². The van der Waals surface area contributed by atoms with Gasteiger partial charge in [-0.2, -0.15) is 0 Å². The van der Waals surface area contributed by atoms with Crippen LogP contribution >= 0.6 is 0 Å². The monoisotopic (exact) mass is 355 g/mol. The maximum Gasteiger partial charge on any atom is 0.130 e. The number of rotatable bonds is 8. The number of hydrogen-bond donors (Lipinski definition) is 1. The maximum atomic E-state index is 10.6. The lowest BCUT2D eigenvalue weighted by molar-refractivity contribution is 0.0725. The average Bonchev–Trinajstić information content (AvgIpc) is 2.73. The maximum absolute atomic E-state index is 10.6. The first-order valence-corrected chi connectivity index (χ1v) is 9.26. The second-order valence-corrected chi connectivity index (χ2v) is 6.74. The van der Waals surface area contributed by atoms with Crippen molar-refractivity contribution in [3.05, 3.63) is 108 Å². The minimum Gasteiger partial charge on any atom is -0.379 e. The van der Waals surface area contributed by atoms with E-state index in [1.54, 1.807) is 0 Å². The van der Waals surface area contributed by atoms with Gasteiger partial charge in [0.05, 0.1) is 6.04 Å². The smallest absolute Gasteiger partial charge is 0.130 e. The molecule has 0 saturated carbocycles. The summed E-state index contributed by atoms with van der Waals surface area (Å²) in [5.74, 6) is 2.55. The minimum absolute atomic E-state index is 0.169. The Morgan fingerprint density at radius 2 is 1.11 bits per heavy atom. The molecule has 27 heavy (non-hydrogen) atoms. The summed E-state index contributed by atoms with van der Waals surface area (Å²) in [5.41, 5.74) is 3.58. The van der Waals surface area contributed by atoms with E-state index in [1.807, 2.05) is 54.6 Å². The highest BCUT2D eigenvalue weighted by molar-refractivity contribution is 5.21. The molecule has 2 atom stereocenters. The largest absolute Gasteiger partial charge is 0.379 e. The molecule has 0 radical (unpaired) electrons. The summed E-state index contributed by atoms with van der Waals surface area (Å²) in [6.07, 6.45) is 5.49. The quantitative estimate of drug-likeness (QED) is 0.609. The molecule has 0 fully saturated rings. The molecule has 0 heterocycles. The SMILES string of the molecule is C#C[C@@H](O)[C@H](Cc1ccccc1)N(Cc1ccccc1)Cc1ccccc1. The van der Waals surface area contributed by atoms with Crippen LogP contribution in [-0.4, -0.2) is 22.2 Å². The van der Waals surface area contributed by atoms with Crippen LogP contribution in [0.2, 0.25) is 0 Å². The van der Waals surface area contributed by atoms with Crippen molar-refractivity contribution < 1.29 is 5.11 Å². The van der Waals surface area contributed by atoms with Crippen LogP contribution in [0.3, 0.4) is 0 Å². The fourth-order valence-corrected chi connectivity index (χ4v) is 3.33. The Balaban J connectivity index is 1.89. The van der Waals surface area contributed by atoms with Gasteiger partial charge in [-0.05, 0) is 23.1 Å². The second kappa shape index (κ2) is 9.73. The van der Waals surface area contributed by atoms with E-state index in [0.29, 0.717) is 6.42 Å². The van der Waals surface area contributed by atoms with Gasteiger partial charge in [0.25, 0.3) is 0 Å². The zero-order valence-electron chi connectivity index (χ0n) is 15.4. The van der Waals surface area contributed by atoms with E-state index in [0.717, 1.165) is 13.1 Å². The van der Waals surface area contributed by atoms with Crippen molar-refractivity contribution in [2.75, 3.05) is 0 Å². The fourth-order valence-electron chi connectivity index (χ4n) is 3.33. The van der Waals surface area contributed by atoms with Gasteiger partial charge < -0.3 is 5.11 Å². The molecule has 136 valence electrons. The molecule has 0 aliphatic heterocycles. The topological polar surface area (TPSA) is 23.5 Å². The Kier molecular flexibility index (Phi) is 6.82. The highest BCUT2D eigenvalue weighted by Gasteiger charge is 2.25. The van der Waals surface area contributed by atoms with Gasteiger partial charge in [-0.25, -0.2) is 0 Å². The van der Waals surface area contributed by atoms with E-state index >= 15 is 0 Å². The van der Waals surface area contributed by atoms with Gasteiger partial charge in [-0.1, -0.05) is 96.9 Å². The average molecular weight is 355 g/mol. The van der Waals surface area contributed by atoms with E-state index < -0.39 is 6.10 Å². The van der Waals surface area contributed by atoms with Crippen molar-refractivity contribution in [1.29, 1.82) is 0 Å². The van der Waals surface area contributed by atoms with E-state index in [1.165, 1.54) is 16.7 Å². The molecule has 2 nitrogen and oxygen atoms in total. The van der Waals surface area contributed by atoms with Crippen molar-refractivity contribution in [3.8, 4) is 12.3 Å². The Labute approximate surface area is 162 Å². The van der Waals surface area contributed by atoms with Gasteiger partial charge >= 0.3 is 0 Å². The molecule has 1 N–H and O–H groups in total. The Hall–Kier alpha value is -2.86. The molecule has 0 unspecified atom stereocenters.